The van der Waals surface area contributed by atoms with Gasteiger partial charge < -0.3 is 10.1 Å². The highest BCUT2D eigenvalue weighted by Gasteiger charge is 2.08. The first kappa shape index (κ1) is 16.1. The second-order valence-electron chi connectivity index (χ2n) is 4.02. The SMILES string of the molecule is COCCCNC(=S)NC(=O)c1ccc(C)c(Br)c1. The van der Waals surface area contributed by atoms with Crippen LogP contribution in [0.3, 0.4) is 0 Å². The maximum atomic E-state index is 11.9. The molecule has 1 rings (SSSR count). The molecule has 104 valence electrons. The molecule has 4 nitrogen and oxygen atoms in total. The van der Waals surface area contributed by atoms with Crippen molar-refractivity contribution in [3.05, 3.63) is 33.8 Å². The van der Waals surface area contributed by atoms with Crippen LogP contribution in [0.25, 0.3) is 0 Å². The summed E-state index contributed by atoms with van der Waals surface area (Å²) in [5.41, 5.74) is 1.65. The molecule has 2 N–H and O–H groups in total. The quantitative estimate of drug-likeness (QED) is 0.636. The van der Waals surface area contributed by atoms with Gasteiger partial charge in [0.15, 0.2) is 5.11 Å². The van der Waals surface area contributed by atoms with Crippen molar-refractivity contribution in [2.75, 3.05) is 20.3 Å². The predicted octanol–water partition coefficient (Wildman–Crippen LogP) is 2.40. The highest BCUT2D eigenvalue weighted by molar-refractivity contribution is 9.10. The minimum atomic E-state index is -0.218. The highest BCUT2D eigenvalue weighted by Crippen LogP contribution is 2.17. The lowest BCUT2D eigenvalue weighted by atomic mass is 10.1. The Morgan fingerprint density at radius 1 is 1.47 bits per heavy atom. The van der Waals surface area contributed by atoms with E-state index in [1.54, 1.807) is 19.2 Å². The molecule has 6 heteroatoms. The Labute approximate surface area is 127 Å². The summed E-state index contributed by atoms with van der Waals surface area (Å²) in [5, 5.41) is 5.92. The Morgan fingerprint density at radius 2 is 2.21 bits per heavy atom. The second-order valence-corrected chi connectivity index (χ2v) is 5.28. The van der Waals surface area contributed by atoms with E-state index in [1.807, 2.05) is 13.0 Å². The molecule has 0 atom stereocenters. The van der Waals surface area contributed by atoms with Gasteiger partial charge in [-0.3, -0.25) is 10.1 Å². The Morgan fingerprint density at radius 3 is 2.84 bits per heavy atom. The number of hydrogen-bond acceptors (Lipinski definition) is 3. The van der Waals surface area contributed by atoms with Crippen LogP contribution in [-0.4, -0.2) is 31.3 Å². The lowest BCUT2D eigenvalue weighted by molar-refractivity contribution is 0.0976. The smallest absolute Gasteiger partial charge is 0.257 e. The van der Waals surface area contributed by atoms with Crippen LogP contribution < -0.4 is 10.6 Å². The van der Waals surface area contributed by atoms with Gasteiger partial charge in [-0.15, -0.1) is 0 Å². The molecule has 19 heavy (non-hydrogen) atoms. The van der Waals surface area contributed by atoms with E-state index in [-0.39, 0.29) is 5.91 Å². The molecule has 0 aliphatic rings. The number of hydrogen-bond donors (Lipinski definition) is 2. The van der Waals surface area contributed by atoms with E-state index < -0.39 is 0 Å². The van der Waals surface area contributed by atoms with E-state index in [4.69, 9.17) is 17.0 Å². The van der Waals surface area contributed by atoms with Crippen LogP contribution in [0.5, 0.6) is 0 Å². The Balaban J connectivity index is 2.45. The van der Waals surface area contributed by atoms with Gasteiger partial charge in [0.25, 0.3) is 5.91 Å². The molecule has 1 aromatic carbocycles. The molecule has 0 unspecified atom stereocenters. The number of aryl methyl sites for hydroxylation is 1. The third-order valence-corrected chi connectivity index (χ3v) is 3.57. The molecular weight excluding hydrogens is 328 g/mol. The van der Waals surface area contributed by atoms with Crippen molar-refractivity contribution in [2.24, 2.45) is 0 Å². The molecule has 0 aliphatic heterocycles. The van der Waals surface area contributed by atoms with Crippen molar-refractivity contribution < 1.29 is 9.53 Å². The van der Waals surface area contributed by atoms with Crippen molar-refractivity contribution in [1.82, 2.24) is 10.6 Å². The van der Waals surface area contributed by atoms with E-state index in [0.717, 1.165) is 16.5 Å². The third-order valence-electron chi connectivity index (χ3n) is 2.47. The summed E-state index contributed by atoms with van der Waals surface area (Å²) < 4.78 is 5.82. The van der Waals surface area contributed by atoms with Gasteiger partial charge in [-0.1, -0.05) is 22.0 Å². The molecule has 0 radical (unpaired) electrons. The third kappa shape index (κ3) is 5.67. The zero-order valence-corrected chi connectivity index (χ0v) is 13.4. The molecule has 0 aliphatic carbocycles. The van der Waals surface area contributed by atoms with Crippen molar-refractivity contribution in [3.63, 3.8) is 0 Å². The van der Waals surface area contributed by atoms with Gasteiger partial charge in [-0.25, -0.2) is 0 Å². The maximum absolute atomic E-state index is 11.9. The molecule has 0 aromatic heterocycles. The van der Waals surface area contributed by atoms with E-state index in [1.165, 1.54) is 0 Å². The van der Waals surface area contributed by atoms with Crippen molar-refractivity contribution in [2.45, 2.75) is 13.3 Å². The number of amides is 1. The molecule has 0 heterocycles. The highest BCUT2D eigenvalue weighted by atomic mass is 79.9. The minimum Gasteiger partial charge on any atom is -0.385 e. The maximum Gasteiger partial charge on any atom is 0.257 e. The number of thiocarbonyl (C=S) groups is 1. The van der Waals surface area contributed by atoms with Crippen LogP contribution >= 0.6 is 28.1 Å². The number of carbonyl (C=O) groups is 1. The average molecular weight is 345 g/mol. The normalized spacial score (nSPS) is 10.1. The molecule has 1 amide bonds. The fourth-order valence-corrected chi connectivity index (χ4v) is 1.95. The zero-order chi connectivity index (χ0) is 14.3. The molecule has 0 fully saturated rings. The summed E-state index contributed by atoms with van der Waals surface area (Å²) in [4.78, 5) is 11.9. The summed E-state index contributed by atoms with van der Waals surface area (Å²) in [6, 6.07) is 5.43. The van der Waals surface area contributed by atoms with Crippen molar-refractivity contribution in [1.29, 1.82) is 0 Å². The Hall–Kier alpha value is -0.980. The largest absolute Gasteiger partial charge is 0.385 e. The van der Waals surface area contributed by atoms with E-state index in [2.05, 4.69) is 26.6 Å². The Kier molecular flexibility index (Phi) is 6.97. The topological polar surface area (TPSA) is 50.4 Å². The van der Waals surface area contributed by atoms with Gasteiger partial charge in [0, 0.05) is 30.3 Å². The lowest BCUT2D eigenvalue weighted by Gasteiger charge is -2.09. The van der Waals surface area contributed by atoms with E-state index in [9.17, 15) is 4.79 Å². The number of carbonyl (C=O) groups excluding carboxylic acids is 1. The molecule has 0 spiro atoms. The molecule has 0 bridgehead atoms. The van der Waals surface area contributed by atoms with Gasteiger partial charge in [-0.05, 0) is 43.3 Å². The summed E-state index contributed by atoms with van der Waals surface area (Å²) >= 11 is 8.44. The van der Waals surface area contributed by atoms with E-state index >= 15 is 0 Å². The minimum absolute atomic E-state index is 0.218. The molecular formula is C13H17BrN2O2S. The average Bonchev–Trinajstić information content (AvgIpc) is 2.38. The molecule has 1 aromatic rings. The predicted molar refractivity (Wildman–Crippen MR) is 83.4 cm³/mol. The lowest BCUT2D eigenvalue weighted by Crippen LogP contribution is -2.39. The standard InChI is InChI=1S/C13H17BrN2O2S/c1-9-4-5-10(8-11(9)14)12(17)16-13(19)15-6-3-7-18-2/h4-5,8H,3,6-7H2,1-2H3,(H2,15,16,17,19). The van der Waals surface area contributed by atoms with Crippen LogP contribution in [0.4, 0.5) is 0 Å². The van der Waals surface area contributed by atoms with Crippen molar-refractivity contribution >= 4 is 39.2 Å². The first-order chi connectivity index (χ1) is 9.04. The molecule has 0 saturated carbocycles. The monoisotopic (exact) mass is 344 g/mol. The Bertz CT molecular complexity index is 466. The van der Waals surface area contributed by atoms with Crippen LogP contribution in [0.15, 0.2) is 22.7 Å². The summed E-state index contributed by atoms with van der Waals surface area (Å²) in [5.74, 6) is -0.218. The fraction of sp³-hybridized carbons (Fsp3) is 0.385. The fourth-order valence-electron chi connectivity index (χ4n) is 1.37. The van der Waals surface area contributed by atoms with Gasteiger partial charge in [0.2, 0.25) is 0 Å². The summed E-state index contributed by atoms with van der Waals surface area (Å²) in [6.45, 7) is 3.30. The number of ether oxygens (including phenoxy) is 1. The van der Waals surface area contributed by atoms with Crippen molar-refractivity contribution in [3.8, 4) is 0 Å². The van der Waals surface area contributed by atoms with Crippen LogP contribution in [0.1, 0.15) is 22.3 Å². The molecule has 0 saturated heterocycles. The van der Waals surface area contributed by atoms with Gasteiger partial charge >= 0.3 is 0 Å². The van der Waals surface area contributed by atoms with Crippen LogP contribution in [-0.2, 0) is 4.74 Å². The van der Waals surface area contributed by atoms with Gasteiger partial charge in [0.05, 0.1) is 0 Å². The number of nitrogens with one attached hydrogen (secondary N) is 2. The van der Waals surface area contributed by atoms with Crippen LogP contribution in [0.2, 0.25) is 0 Å². The van der Waals surface area contributed by atoms with Gasteiger partial charge in [-0.2, -0.15) is 0 Å². The zero-order valence-electron chi connectivity index (χ0n) is 11.0. The van der Waals surface area contributed by atoms with Gasteiger partial charge in [0.1, 0.15) is 0 Å². The van der Waals surface area contributed by atoms with E-state index in [0.29, 0.717) is 23.8 Å². The number of halogens is 1. The summed E-state index contributed by atoms with van der Waals surface area (Å²) in [6.07, 6.45) is 0.836. The number of benzene rings is 1. The number of rotatable bonds is 5. The number of methoxy groups -OCH3 is 1. The second kappa shape index (κ2) is 8.24. The first-order valence-corrected chi connectivity index (χ1v) is 7.09. The first-order valence-electron chi connectivity index (χ1n) is 5.89. The summed E-state index contributed by atoms with van der Waals surface area (Å²) in [7, 11) is 1.65. The van der Waals surface area contributed by atoms with Crippen LogP contribution in [0, 0.1) is 6.92 Å².